The molecule has 0 amide bonds. The van der Waals surface area contributed by atoms with E-state index in [4.69, 9.17) is 5.11 Å². The van der Waals surface area contributed by atoms with E-state index in [9.17, 15) is 0 Å². The van der Waals surface area contributed by atoms with Gasteiger partial charge in [0.25, 0.3) is 0 Å². The topological polar surface area (TPSA) is 20.2 Å². The van der Waals surface area contributed by atoms with Gasteiger partial charge in [-0.1, -0.05) is 25.5 Å². The number of rotatable bonds is 4. The van der Waals surface area contributed by atoms with Crippen LogP contribution in [0, 0.1) is 9.49 Å². The molecule has 13 heavy (non-hydrogen) atoms. The van der Waals surface area contributed by atoms with Crippen molar-refractivity contribution in [2.45, 2.75) is 19.8 Å². The summed E-state index contributed by atoms with van der Waals surface area (Å²) >= 11 is 2.30. The Morgan fingerprint density at radius 1 is 1.31 bits per heavy atom. The van der Waals surface area contributed by atoms with Crippen LogP contribution < -0.4 is 0 Å². The molecular formula is C11H15IO. The Balaban J connectivity index is 2.58. The summed E-state index contributed by atoms with van der Waals surface area (Å²) in [7, 11) is 0. The van der Waals surface area contributed by atoms with Crippen molar-refractivity contribution in [3.8, 4) is 0 Å². The minimum absolute atomic E-state index is 0.294. The lowest BCUT2D eigenvalue weighted by Gasteiger charge is -2.10. The molecule has 1 nitrogen and oxygen atoms in total. The molecule has 1 atom stereocenters. The summed E-state index contributed by atoms with van der Waals surface area (Å²) in [5.74, 6) is 0.417. The fourth-order valence-electron chi connectivity index (χ4n) is 1.29. The lowest BCUT2D eigenvalue weighted by Crippen LogP contribution is -2.07. The molecule has 0 aliphatic carbocycles. The molecule has 0 radical (unpaired) electrons. The SMILES string of the molecule is CCC(CO)Cc1ccc(I)cc1. The maximum Gasteiger partial charge on any atom is 0.0462 e. The summed E-state index contributed by atoms with van der Waals surface area (Å²) in [6, 6.07) is 8.50. The molecule has 0 fully saturated rings. The van der Waals surface area contributed by atoms with E-state index in [2.05, 4.69) is 53.8 Å². The largest absolute Gasteiger partial charge is 0.396 e. The second-order valence-electron chi connectivity index (χ2n) is 3.29. The molecule has 1 aromatic carbocycles. The van der Waals surface area contributed by atoms with Crippen molar-refractivity contribution < 1.29 is 5.11 Å². The summed E-state index contributed by atoms with van der Waals surface area (Å²) in [4.78, 5) is 0. The second-order valence-corrected chi connectivity index (χ2v) is 4.53. The maximum atomic E-state index is 9.04. The molecule has 1 aromatic rings. The van der Waals surface area contributed by atoms with Crippen LogP contribution in [0.4, 0.5) is 0 Å². The lowest BCUT2D eigenvalue weighted by molar-refractivity contribution is 0.222. The number of aliphatic hydroxyl groups excluding tert-OH is 1. The Morgan fingerprint density at radius 2 is 1.92 bits per heavy atom. The number of halogens is 1. The highest BCUT2D eigenvalue weighted by atomic mass is 127. The molecule has 1 unspecified atom stereocenters. The summed E-state index contributed by atoms with van der Waals surface area (Å²) < 4.78 is 1.26. The zero-order valence-corrected chi connectivity index (χ0v) is 9.99. The van der Waals surface area contributed by atoms with Gasteiger partial charge in [0, 0.05) is 10.2 Å². The van der Waals surface area contributed by atoms with Crippen molar-refractivity contribution in [2.75, 3.05) is 6.61 Å². The van der Waals surface area contributed by atoms with Crippen LogP contribution >= 0.6 is 22.6 Å². The third-order valence-electron chi connectivity index (χ3n) is 2.27. The molecule has 1 N–H and O–H groups in total. The minimum atomic E-state index is 0.294. The van der Waals surface area contributed by atoms with Gasteiger partial charge in [0.15, 0.2) is 0 Å². The predicted octanol–water partition coefficient (Wildman–Crippen LogP) is 2.85. The molecule has 0 spiro atoms. The van der Waals surface area contributed by atoms with Crippen molar-refractivity contribution in [1.29, 1.82) is 0 Å². The number of aliphatic hydroxyl groups is 1. The van der Waals surface area contributed by atoms with Gasteiger partial charge in [0.2, 0.25) is 0 Å². The van der Waals surface area contributed by atoms with E-state index in [-0.39, 0.29) is 0 Å². The van der Waals surface area contributed by atoms with Crippen molar-refractivity contribution in [3.63, 3.8) is 0 Å². The average molecular weight is 290 g/mol. The van der Waals surface area contributed by atoms with Gasteiger partial charge in [0.05, 0.1) is 0 Å². The zero-order chi connectivity index (χ0) is 9.68. The molecule has 0 aromatic heterocycles. The van der Waals surface area contributed by atoms with Crippen LogP contribution in [-0.4, -0.2) is 11.7 Å². The third-order valence-corrected chi connectivity index (χ3v) is 2.99. The van der Waals surface area contributed by atoms with Crippen LogP contribution in [0.25, 0.3) is 0 Å². The number of benzene rings is 1. The average Bonchev–Trinajstić information content (AvgIpc) is 2.17. The lowest BCUT2D eigenvalue weighted by atomic mass is 9.98. The second kappa shape index (κ2) is 5.60. The molecule has 0 aliphatic rings. The maximum absolute atomic E-state index is 9.04. The quantitative estimate of drug-likeness (QED) is 0.845. The van der Waals surface area contributed by atoms with Gasteiger partial charge in [-0.05, 0) is 52.6 Å². The summed E-state index contributed by atoms with van der Waals surface area (Å²) in [5.41, 5.74) is 1.32. The first-order valence-electron chi connectivity index (χ1n) is 4.61. The molecule has 72 valence electrons. The predicted molar refractivity (Wildman–Crippen MR) is 63.7 cm³/mol. The molecule has 0 saturated carbocycles. The number of hydrogen-bond acceptors (Lipinski definition) is 1. The van der Waals surface area contributed by atoms with E-state index in [0.29, 0.717) is 12.5 Å². The highest BCUT2D eigenvalue weighted by molar-refractivity contribution is 14.1. The Kier molecular flexibility index (Phi) is 4.73. The van der Waals surface area contributed by atoms with Crippen LogP contribution in [-0.2, 0) is 6.42 Å². The van der Waals surface area contributed by atoms with Crippen LogP contribution in [0.1, 0.15) is 18.9 Å². The van der Waals surface area contributed by atoms with E-state index in [1.807, 2.05) is 0 Å². The Labute approximate surface area is 93.3 Å². The summed E-state index contributed by atoms with van der Waals surface area (Å²) in [5, 5.41) is 9.04. The van der Waals surface area contributed by atoms with Gasteiger partial charge in [0.1, 0.15) is 0 Å². The van der Waals surface area contributed by atoms with Gasteiger partial charge in [-0.2, -0.15) is 0 Å². The summed E-state index contributed by atoms with van der Waals surface area (Å²) in [6.45, 7) is 2.41. The van der Waals surface area contributed by atoms with E-state index in [0.717, 1.165) is 12.8 Å². The smallest absolute Gasteiger partial charge is 0.0462 e. The van der Waals surface area contributed by atoms with E-state index in [1.54, 1.807) is 0 Å². The number of hydrogen-bond donors (Lipinski definition) is 1. The normalized spacial score (nSPS) is 12.8. The molecule has 0 aliphatic heterocycles. The first kappa shape index (κ1) is 11.0. The highest BCUT2D eigenvalue weighted by Crippen LogP contribution is 2.13. The third kappa shape index (κ3) is 3.65. The van der Waals surface area contributed by atoms with E-state index >= 15 is 0 Å². The van der Waals surface area contributed by atoms with E-state index < -0.39 is 0 Å². The summed E-state index contributed by atoms with van der Waals surface area (Å²) in [6.07, 6.45) is 2.03. The standard InChI is InChI=1S/C11H15IO/c1-2-9(8-13)7-10-3-5-11(12)6-4-10/h3-6,9,13H,2,7-8H2,1H3. The first-order chi connectivity index (χ1) is 6.26. The van der Waals surface area contributed by atoms with Crippen LogP contribution in [0.15, 0.2) is 24.3 Å². The first-order valence-corrected chi connectivity index (χ1v) is 5.69. The fraction of sp³-hybridized carbons (Fsp3) is 0.455. The van der Waals surface area contributed by atoms with Crippen LogP contribution in [0.2, 0.25) is 0 Å². The van der Waals surface area contributed by atoms with Crippen molar-refractivity contribution in [2.24, 2.45) is 5.92 Å². The van der Waals surface area contributed by atoms with E-state index in [1.165, 1.54) is 9.13 Å². The van der Waals surface area contributed by atoms with Gasteiger partial charge >= 0.3 is 0 Å². The molecule has 1 rings (SSSR count). The molecular weight excluding hydrogens is 275 g/mol. The van der Waals surface area contributed by atoms with Crippen molar-refractivity contribution in [1.82, 2.24) is 0 Å². The molecule has 0 saturated heterocycles. The monoisotopic (exact) mass is 290 g/mol. The highest BCUT2D eigenvalue weighted by Gasteiger charge is 2.05. The van der Waals surface area contributed by atoms with Crippen LogP contribution in [0.5, 0.6) is 0 Å². The van der Waals surface area contributed by atoms with Crippen molar-refractivity contribution in [3.05, 3.63) is 33.4 Å². The Hall–Kier alpha value is -0.0900. The van der Waals surface area contributed by atoms with Crippen molar-refractivity contribution >= 4 is 22.6 Å². The Morgan fingerprint density at radius 3 is 2.38 bits per heavy atom. The fourth-order valence-corrected chi connectivity index (χ4v) is 1.65. The minimum Gasteiger partial charge on any atom is -0.396 e. The molecule has 0 bridgehead atoms. The zero-order valence-electron chi connectivity index (χ0n) is 7.83. The van der Waals surface area contributed by atoms with Gasteiger partial charge in [-0.3, -0.25) is 0 Å². The Bertz CT molecular complexity index is 239. The van der Waals surface area contributed by atoms with Crippen LogP contribution in [0.3, 0.4) is 0 Å². The van der Waals surface area contributed by atoms with Gasteiger partial charge in [-0.15, -0.1) is 0 Å². The molecule has 0 heterocycles. The molecule has 2 heteroatoms. The van der Waals surface area contributed by atoms with Gasteiger partial charge < -0.3 is 5.11 Å². The van der Waals surface area contributed by atoms with Gasteiger partial charge in [-0.25, -0.2) is 0 Å².